The van der Waals surface area contributed by atoms with Crippen LogP contribution in [0.2, 0.25) is 5.02 Å². The van der Waals surface area contributed by atoms with Crippen LogP contribution in [0, 0.1) is 11.9 Å². The highest BCUT2D eigenvalue weighted by atomic mass is 35.5. The molecule has 35 heavy (non-hydrogen) atoms. The van der Waals surface area contributed by atoms with Gasteiger partial charge in [-0.2, -0.15) is 0 Å². The van der Waals surface area contributed by atoms with Crippen molar-refractivity contribution in [3.05, 3.63) is 82.8 Å². The third-order valence-electron chi connectivity index (χ3n) is 6.54. The van der Waals surface area contributed by atoms with Crippen LogP contribution in [0.4, 0.5) is 10.1 Å². The fraction of sp³-hybridized carbons (Fsp3) is 0.321. The lowest BCUT2D eigenvalue weighted by Crippen LogP contribution is -2.34. The smallest absolute Gasteiger partial charge is 0.184 e. The lowest BCUT2D eigenvalue weighted by atomic mass is 9.96. The Hall–Kier alpha value is -3.25. The van der Waals surface area contributed by atoms with Crippen molar-refractivity contribution in [2.75, 3.05) is 18.6 Å². The molecule has 2 unspecified atom stereocenters. The van der Waals surface area contributed by atoms with Crippen LogP contribution < -0.4 is 14.4 Å². The maximum atomic E-state index is 13.7. The molecule has 3 aromatic carbocycles. The molecule has 1 aliphatic heterocycles. The monoisotopic (exact) mass is 493 g/mol. The topological polar surface area (TPSA) is 47.7 Å². The van der Waals surface area contributed by atoms with E-state index in [2.05, 4.69) is 23.0 Å². The summed E-state index contributed by atoms with van der Waals surface area (Å²) in [6.45, 7) is 2.90. The van der Waals surface area contributed by atoms with Crippen molar-refractivity contribution in [3.63, 3.8) is 0 Å². The summed E-state index contributed by atoms with van der Waals surface area (Å²) in [6.07, 6.45) is 3.57. The molecule has 2 atom stereocenters. The number of halogens is 2. The van der Waals surface area contributed by atoms with E-state index < -0.39 is 0 Å². The molecular weight excluding hydrogens is 467 g/mol. The summed E-state index contributed by atoms with van der Waals surface area (Å²) in [7, 11) is 1.65. The number of aromatic nitrogens is 1. The minimum Gasteiger partial charge on any atom is -0.491 e. The molecule has 0 bridgehead atoms. The normalized spacial score (nSPS) is 16.9. The quantitative estimate of drug-likeness (QED) is 0.264. The second-order valence-corrected chi connectivity index (χ2v) is 9.14. The van der Waals surface area contributed by atoms with Gasteiger partial charge in [0, 0.05) is 29.1 Å². The molecule has 1 saturated heterocycles. The Kier molecular flexibility index (Phi) is 6.82. The molecule has 5 rings (SSSR count). The maximum Gasteiger partial charge on any atom is 0.184 e. The first-order valence-electron chi connectivity index (χ1n) is 11.9. The van der Waals surface area contributed by atoms with Crippen molar-refractivity contribution in [1.29, 1.82) is 0 Å². The minimum atomic E-state index is -0.340. The Morgan fingerprint density at radius 2 is 2.11 bits per heavy atom. The summed E-state index contributed by atoms with van der Waals surface area (Å²) < 4.78 is 31.5. The van der Waals surface area contributed by atoms with Gasteiger partial charge in [-0.1, -0.05) is 35.8 Å². The Bertz CT molecular complexity index is 1320. The van der Waals surface area contributed by atoms with E-state index >= 15 is 0 Å². The maximum absolute atomic E-state index is 13.7. The van der Waals surface area contributed by atoms with Gasteiger partial charge in [0.05, 0.1) is 18.8 Å². The summed E-state index contributed by atoms with van der Waals surface area (Å²) >= 11 is 6.22. The van der Waals surface area contributed by atoms with Gasteiger partial charge in [0.2, 0.25) is 0 Å². The molecule has 181 valence electrons. The van der Waals surface area contributed by atoms with Crippen LogP contribution in [-0.4, -0.2) is 18.8 Å². The lowest BCUT2D eigenvalue weighted by molar-refractivity contribution is 0.192. The van der Waals surface area contributed by atoms with E-state index in [1.54, 1.807) is 13.2 Å². The summed E-state index contributed by atoms with van der Waals surface area (Å²) in [5.74, 6) is 0.833. The molecule has 0 aliphatic carbocycles. The molecule has 0 saturated carbocycles. The van der Waals surface area contributed by atoms with E-state index in [9.17, 15) is 4.39 Å². The third kappa shape index (κ3) is 4.67. The highest BCUT2D eigenvalue weighted by molar-refractivity contribution is 6.30. The number of hydrogen-bond donors (Lipinski definition) is 0. The van der Waals surface area contributed by atoms with Gasteiger partial charge < -0.3 is 18.9 Å². The number of hydrogen-bond acceptors (Lipinski definition) is 5. The Balaban J connectivity index is 1.51. The van der Waals surface area contributed by atoms with Crippen molar-refractivity contribution in [2.45, 2.75) is 44.8 Å². The first-order valence-corrected chi connectivity index (χ1v) is 12.3. The van der Waals surface area contributed by atoms with E-state index in [4.69, 9.17) is 25.6 Å². The number of rotatable bonds is 7. The van der Waals surface area contributed by atoms with Gasteiger partial charge in [0.25, 0.3) is 0 Å². The molecule has 1 aromatic heterocycles. The molecule has 1 radical (unpaired) electrons. The summed E-state index contributed by atoms with van der Waals surface area (Å²) in [4.78, 5) is 2.28. The molecule has 0 N–H and O–H groups in total. The van der Waals surface area contributed by atoms with Gasteiger partial charge in [-0.3, -0.25) is 0 Å². The van der Waals surface area contributed by atoms with Gasteiger partial charge in [0.15, 0.2) is 17.1 Å². The molecule has 1 fully saturated rings. The largest absolute Gasteiger partial charge is 0.491 e. The fourth-order valence-electron chi connectivity index (χ4n) is 4.88. The zero-order chi connectivity index (χ0) is 24.4. The Morgan fingerprint density at radius 1 is 1.23 bits per heavy atom. The van der Waals surface area contributed by atoms with Crippen molar-refractivity contribution in [3.8, 4) is 11.5 Å². The van der Waals surface area contributed by atoms with Crippen LogP contribution in [-0.2, 0) is 0 Å². The average molecular weight is 494 g/mol. The number of piperidine rings is 1. The predicted molar refractivity (Wildman–Crippen MR) is 135 cm³/mol. The molecule has 0 amide bonds. The summed E-state index contributed by atoms with van der Waals surface area (Å²) in [5, 5.41) is 5.85. The van der Waals surface area contributed by atoms with Gasteiger partial charge in [-0.25, -0.2) is 4.39 Å². The SMILES string of the molecule is CCC(Oc1[c]ccc(N2CCCCC2c2noc3cc(F)ccc23)c1OC)c1cccc(Cl)c1. The number of benzene rings is 3. The molecule has 5 nitrogen and oxygen atoms in total. The predicted octanol–water partition coefficient (Wildman–Crippen LogP) is 7.69. The fourth-order valence-corrected chi connectivity index (χ4v) is 5.08. The number of anilines is 1. The van der Waals surface area contributed by atoms with E-state index in [0.717, 1.165) is 54.6 Å². The zero-order valence-corrected chi connectivity index (χ0v) is 20.5. The molecule has 2 heterocycles. The van der Waals surface area contributed by atoms with Crippen LogP contribution in [0.5, 0.6) is 11.5 Å². The Morgan fingerprint density at radius 3 is 2.91 bits per heavy atom. The highest BCUT2D eigenvalue weighted by Gasteiger charge is 2.31. The first kappa shape index (κ1) is 23.5. The summed E-state index contributed by atoms with van der Waals surface area (Å²) in [5.41, 5.74) is 3.17. The van der Waals surface area contributed by atoms with Gasteiger partial charge in [0.1, 0.15) is 17.6 Å². The molecular formula is C28H27ClFN2O3. The van der Waals surface area contributed by atoms with Crippen LogP contribution in [0.15, 0.2) is 59.1 Å². The van der Waals surface area contributed by atoms with Crippen LogP contribution in [0.25, 0.3) is 11.0 Å². The van der Waals surface area contributed by atoms with Crippen molar-refractivity contribution < 1.29 is 18.4 Å². The van der Waals surface area contributed by atoms with E-state index in [1.807, 2.05) is 36.4 Å². The second-order valence-electron chi connectivity index (χ2n) is 8.71. The number of ether oxygens (including phenoxy) is 2. The lowest BCUT2D eigenvalue weighted by Gasteiger charge is -2.37. The zero-order valence-electron chi connectivity index (χ0n) is 19.8. The van der Waals surface area contributed by atoms with Gasteiger partial charge in [-0.05, 0) is 67.6 Å². The van der Waals surface area contributed by atoms with Crippen LogP contribution >= 0.6 is 11.6 Å². The van der Waals surface area contributed by atoms with Crippen molar-refractivity contribution in [2.24, 2.45) is 0 Å². The van der Waals surface area contributed by atoms with E-state index in [0.29, 0.717) is 22.1 Å². The van der Waals surface area contributed by atoms with Crippen LogP contribution in [0.1, 0.15) is 56.0 Å². The van der Waals surface area contributed by atoms with Crippen molar-refractivity contribution >= 4 is 28.3 Å². The van der Waals surface area contributed by atoms with Crippen molar-refractivity contribution in [1.82, 2.24) is 5.16 Å². The number of methoxy groups -OCH3 is 1. The number of fused-ring (bicyclic) bond motifs is 1. The standard InChI is InChI=1S/C28H27ClFN2O3/c1-3-24(18-8-6-9-19(29)16-18)34-25-12-7-11-23(28(25)33-2)32-15-5-4-10-22(32)27-21-14-13-20(30)17-26(21)35-31-27/h6-9,11,13-14,16-17,22,24H,3-5,10,15H2,1-2H3. The molecule has 0 spiro atoms. The van der Waals surface area contributed by atoms with Gasteiger partial charge >= 0.3 is 0 Å². The molecule has 4 aromatic rings. The summed E-state index contributed by atoms with van der Waals surface area (Å²) in [6, 6.07) is 19.3. The first-order chi connectivity index (χ1) is 17.1. The second kappa shape index (κ2) is 10.2. The van der Waals surface area contributed by atoms with Crippen LogP contribution in [0.3, 0.4) is 0 Å². The highest BCUT2D eigenvalue weighted by Crippen LogP contribution is 2.45. The minimum absolute atomic E-state index is 0.0329. The third-order valence-corrected chi connectivity index (χ3v) is 6.77. The van der Waals surface area contributed by atoms with E-state index in [-0.39, 0.29) is 18.0 Å². The molecule has 1 aliphatic rings. The van der Waals surface area contributed by atoms with E-state index in [1.165, 1.54) is 12.1 Å². The molecule has 7 heteroatoms. The van der Waals surface area contributed by atoms with Gasteiger partial charge in [-0.15, -0.1) is 0 Å². The Labute approximate surface area is 209 Å². The number of nitrogens with zero attached hydrogens (tertiary/aromatic N) is 2. The average Bonchev–Trinajstić information content (AvgIpc) is 3.29.